The molecule has 0 radical (unpaired) electrons. The maximum Gasteiger partial charge on any atom is 0.251 e. The molecule has 2 aromatic rings. The average Bonchev–Trinajstić information content (AvgIpc) is 2.56. The molecule has 0 aromatic heterocycles. The summed E-state index contributed by atoms with van der Waals surface area (Å²) in [6, 6.07) is 16.0. The van der Waals surface area contributed by atoms with E-state index in [0.717, 1.165) is 5.75 Å². The zero-order valence-electron chi connectivity index (χ0n) is 13.2. The van der Waals surface area contributed by atoms with Crippen molar-refractivity contribution >= 4 is 18.0 Å². The summed E-state index contributed by atoms with van der Waals surface area (Å²) in [4.78, 5) is 22.6. The second kappa shape index (κ2) is 7.98. The first-order chi connectivity index (χ1) is 11.1. The van der Waals surface area contributed by atoms with Gasteiger partial charge in [-0.1, -0.05) is 18.2 Å². The minimum atomic E-state index is -0.182. The van der Waals surface area contributed by atoms with E-state index in [2.05, 4.69) is 10.6 Å². The van der Waals surface area contributed by atoms with Crippen LogP contribution in [0.15, 0.2) is 54.6 Å². The number of hydrogen-bond acceptors (Lipinski definition) is 3. The van der Waals surface area contributed by atoms with Crippen LogP contribution in [0.4, 0.5) is 5.69 Å². The highest BCUT2D eigenvalue weighted by molar-refractivity contribution is 5.94. The molecule has 0 saturated heterocycles. The van der Waals surface area contributed by atoms with Crippen LogP contribution < -0.4 is 15.4 Å². The fourth-order valence-electron chi connectivity index (χ4n) is 2.01. The highest BCUT2D eigenvalue weighted by Crippen LogP contribution is 2.13. The van der Waals surface area contributed by atoms with Crippen LogP contribution >= 0.6 is 0 Å². The smallest absolute Gasteiger partial charge is 0.251 e. The van der Waals surface area contributed by atoms with Crippen molar-refractivity contribution in [2.24, 2.45) is 0 Å². The van der Waals surface area contributed by atoms with Gasteiger partial charge in [0, 0.05) is 11.3 Å². The standard InChI is InChI=1S/C18H20N2O3/c1-13(14(2)23-17-6-4-3-5-7-17)20-18(22)15-8-10-16(11-9-15)19-12-21/h3-14H,1-2H3,(H,19,21)(H,20,22). The molecule has 0 fully saturated rings. The summed E-state index contributed by atoms with van der Waals surface area (Å²) in [7, 11) is 0. The van der Waals surface area contributed by atoms with E-state index in [1.807, 2.05) is 44.2 Å². The van der Waals surface area contributed by atoms with Crippen LogP contribution in [0.3, 0.4) is 0 Å². The van der Waals surface area contributed by atoms with Crippen LogP contribution in [-0.2, 0) is 4.79 Å². The molecule has 0 aliphatic rings. The summed E-state index contributed by atoms with van der Waals surface area (Å²) >= 11 is 0. The van der Waals surface area contributed by atoms with Crippen LogP contribution in [0.5, 0.6) is 5.75 Å². The van der Waals surface area contributed by atoms with Crippen molar-refractivity contribution < 1.29 is 14.3 Å². The first kappa shape index (κ1) is 16.5. The number of para-hydroxylation sites is 1. The molecule has 0 heterocycles. The molecule has 2 amide bonds. The van der Waals surface area contributed by atoms with E-state index in [9.17, 15) is 9.59 Å². The van der Waals surface area contributed by atoms with E-state index in [0.29, 0.717) is 17.7 Å². The molecule has 2 rings (SSSR count). The second-order valence-corrected chi connectivity index (χ2v) is 5.24. The van der Waals surface area contributed by atoms with Gasteiger partial charge < -0.3 is 15.4 Å². The molecule has 2 N–H and O–H groups in total. The van der Waals surface area contributed by atoms with Crippen LogP contribution in [0, 0.1) is 0 Å². The van der Waals surface area contributed by atoms with E-state index in [1.165, 1.54) is 0 Å². The highest BCUT2D eigenvalue weighted by Gasteiger charge is 2.17. The van der Waals surface area contributed by atoms with Crippen LogP contribution in [0.1, 0.15) is 24.2 Å². The van der Waals surface area contributed by atoms with Gasteiger partial charge in [0.1, 0.15) is 11.9 Å². The molecule has 2 atom stereocenters. The molecule has 0 spiro atoms. The Morgan fingerprint density at radius 2 is 1.70 bits per heavy atom. The lowest BCUT2D eigenvalue weighted by molar-refractivity contribution is -0.105. The van der Waals surface area contributed by atoms with Gasteiger partial charge in [0.15, 0.2) is 0 Å². The average molecular weight is 312 g/mol. The predicted octanol–water partition coefficient (Wildman–Crippen LogP) is 2.84. The summed E-state index contributed by atoms with van der Waals surface area (Å²) in [5.41, 5.74) is 1.17. The molecule has 120 valence electrons. The van der Waals surface area contributed by atoms with E-state index in [4.69, 9.17) is 4.74 Å². The van der Waals surface area contributed by atoms with Gasteiger partial charge in [0.2, 0.25) is 6.41 Å². The monoisotopic (exact) mass is 312 g/mol. The summed E-state index contributed by atoms with van der Waals surface area (Å²) in [6.45, 7) is 3.81. The molecule has 5 nitrogen and oxygen atoms in total. The topological polar surface area (TPSA) is 67.4 Å². The van der Waals surface area contributed by atoms with Crippen LogP contribution in [-0.4, -0.2) is 24.5 Å². The molecule has 2 aromatic carbocycles. The molecular weight excluding hydrogens is 292 g/mol. The summed E-state index contributed by atoms with van der Waals surface area (Å²) in [5, 5.41) is 5.44. The van der Waals surface area contributed by atoms with Gasteiger partial charge in [-0.15, -0.1) is 0 Å². The van der Waals surface area contributed by atoms with Crippen molar-refractivity contribution in [3.05, 3.63) is 60.2 Å². The summed E-state index contributed by atoms with van der Waals surface area (Å²) in [5.74, 6) is 0.587. The quantitative estimate of drug-likeness (QED) is 0.773. The zero-order valence-corrected chi connectivity index (χ0v) is 13.2. The fraction of sp³-hybridized carbons (Fsp3) is 0.222. The molecule has 5 heteroatoms. The number of hydrogen-bond donors (Lipinski definition) is 2. The molecule has 0 aliphatic carbocycles. The SMILES string of the molecule is CC(NC(=O)c1ccc(NC=O)cc1)C(C)Oc1ccccc1. The number of amides is 2. The number of carbonyl (C=O) groups is 2. The number of benzene rings is 2. The molecule has 23 heavy (non-hydrogen) atoms. The number of carbonyl (C=O) groups excluding carboxylic acids is 2. The third-order valence-electron chi connectivity index (χ3n) is 3.50. The lowest BCUT2D eigenvalue weighted by Gasteiger charge is -2.22. The predicted molar refractivity (Wildman–Crippen MR) is 89.6 cm³/mol. The van der Waals surface area contributed by atoms with Gasteiger partial charge in [-0.3, -0.25) is 9.59 Å². The van der Waals surface area contributed by atoms with Gasteiger partial charge >= 0.3 is 0 Å². The molecule has 2 unspecified atom stereocenters. The largest absolute Gasteiger partial charge is 0.489 e. The van der Waals surface area contributed by atoms with Crippen molar-refractivity contribution in [2.45, 2.75) is 26.0 Å². The van der Waals surface area contributed by atoms with Crippen molar-refractivity contribution in [3.8, 4) is 5.75 Å². The molecule has 0 bridgehead atoms. The summed E-state index contributed by atoms with van der Waals surface area (Å²) in [6.07, 6.45) is 0.428. The Kier molecular flexibility index (Phi) is 5.74. The van der Waals surface area contributed by atoms with Gasteiger partial charge in [0.25, 0.3) is 5.91 Å². The molecule has 0 aliphatic heterocycles. The van der Waals surface area contributed by atoms with Gasteiger partial charge in [-0.25, -0.2) is 0 Å². The summed E-state index contributed by atoms with van der Waals surface area (Å²) < 4.78 is 5.80. The Balaban J connectivity index is 1.91. The van der Waals surface area contributed by atoms with E-state index in [1.54, 1.807) is 24.3 Å². The van der Waals surface area contributed by atoms with Crippen molar-refractivity contribution in [1.29, 1.82) is 0 Å². The van der Waals surface area contributed by atoms with Crippen LogP contribution in [0.2, 0.25) is 0 Å². The first-order valence-electron chi connectivity index (χ1n) is 7.43. The van der Waals surface area contributed by atoms with Gasteiger partial charge in [-0.2, -0.15) is 0 Å². The van der Waals surface area contributed by atoms with Crippen molar-refractivity contribution in [1.82, 2.24) is 5.32 Å². The number of anilines is 1. The molecular formula is C18H20N2O3. The van der Waals surface area contributed by atoms with Crippen LogP contribution in [0.25, 0.3) is 0 Å². The Labute approximate surface area is 135 Å². The minimum absolute atomic E-state index is 0.157. The zero-order chi connectivity index (χ0) is 16.7. The van der Waals surface area contributed by atoms with E-state index < -0.39 is 0 Å². The number of rotatable bonds is 7. The van der Waals surface area contributed by atoms with Gasteiger partial charge in [-0.05, 0) is 50.2 Å². The Morgan fingerprint density at radius 1 is 1.04 bits per heavy atom. The fourth-order valence-corrected chi connectivity index (χ4v) is 2.01. The molecule has 0 saturated carbocycles. The van der Waals surface area contributed by atoms with E-state index >= 15 is 0 Å². The third kappa shape index (κ3) is 4.85. The third-order valence-corrected chi connectivity index (χ3v) is 3.50. The van der Waals surface area contributed by atoms with E-state index in [-0.39, 0.29) is 18.1 Å². The Bertz CT molecular complexity index is 641. The minimum Gasteiger partial charge on any atom is -0.489 e. The number of nitrogens with one attached hydrogen (secondary N) is 2. The maximum absolute atomic E-state index is 12.2. The van der Waals surface area contributed by atoms with Crippen molar-refractivity contribution in [3.63, 3.8) is 0 Å². The lowest BCUT2D eigenvalue weighted by atomic mass is 10.1. The lowest BCUT2D eigenvalue weighted by Crippen LogP contribution is -2.42. The maximum atomic E-state index is 12.2. The first-order valence-corrected chi connectivity index (χ1v) is 7.43. The number of ether oxygens (including phenoxy) is 1. The Morgan fingerprint density at radius 3 is 2.30 bits per heavy atom. The normalized spacial score (nSPS) is 12.8. The Hall–Kier alpha value is -2.82. The van der Waals surface area contributed by atoms with Crippen molar-refractivity contribution in [2.75, 3.05) is 5.32 Å². The highest BCUT2D eigenvalue weighted by atomic mass is 16.5. The van der Waals surface area contributed by atoms with Gasteiger partial charge in [0.05, 0.1) is 6.04 Å². The second-order valence-electron chi connectivity index (χ2n) is 5.24.